The summed E-state index contributed by atoms with van der Waals surface area (Å²) >= 11 is 0. The second-order valence-electron chi connectivity index (χ2n) is 18.5. The number of carbonyl (C=O) groups is 5. The summed E-state index contributed by atoms with van der Waals surface area (Å²) in [7, 11) is 1.30. The molecule has 4 atom stereocenters. The van der Waals surface area contributed by atoms with Crippen molar-refractivity contribution in [1.82, 2.24) is 25.8 Å². The quantitative estimate of drug-likeness (QED) is 0.100. The van der Waals surface area contributed by atoms with E-state index in [1.807, 2.05) is 57.2 Å². The molecule has 18 nitrogen and oxygen atoms in total. The van der Waals surface area contributed by atoms with Gasteiger partial charge in [0.25, 0.3) is 0 Å². The molecule has 2 aromatic carbocycles. The van der Waals surface area contributed by atoms with Gasteiger partial charge in [0.2, 0.25) is 17.7 Å². The Bertz CT molecular complexity index is 1880. The first-order valence-corrected chi connectivity index (χ1v) is 22.9. The number of benzene rings is 2. The minimum Gasteiger partial charge on any atom is -0.491 e. The van der Waals surface area contributed by atoms with Gasteiger partial charge in [-0.25, -0.2) is 9.59 Å². The van der Waals surface area contributed by atoms with Gasteiger partial charge >= 0.3 is 12.2 Å². The average molecular weight is 928 g/mol. The van der Waals surface area contributed by atoms with Gasteiger partial charge in [-0.15, -0.1) is 0 Å². The summed E-state index contributed by atoms with van der Waals surface area (Å²) in [6.45, 7) is 16.9. The largest absolute Gasteiger partial charge is 0.491 e. The third-order valence-corrected chi connectivity index (χ3v) is 11.1. The summed E-state index contributed by atoms with van der Waals surface area (Å²) in [6, 6.07) is 10.5. The zero-order valence-corrected chi connectivity index (χ0v) is 40.1. The Morgan fingerprint density at radius 3 is 1.97 bits per heavy atom. The summed E-state index contributed by atoms with van der Waals surface area (Å²) < 4.78 is 38.9. The summed E-state index contributed by atoms with van der Waals surface area (Å²) in [5.74, 6) is -0.768. The van der Waals surface area contributed by atoms with E-state index in [4.69, 9.17) is 33.2 Å². The van der Waals surface area contributed by atoms with E-state index in [1.54, 1.807) is 20.8 Å². The van der Waals surface area contributed by atoms with E-state index in [-0.39, 0.29) is 31.5 Å². The predicted molar refractivity (Wildman–Crippen MR) is 245 cm³/mol. The summed E-state index contributed by atoms with van der Waals surface area (Å²) in [4.78, 5) is 68.1. The first-order valence-electron chi connectivity index (χ1n) is 22.9. The van der Waals surface area contributed by atoms with Crippen LogP contribution in [-0.4, -0.2) is 155 Å². The number of hydrogen-bond acceptors (Lipinski definition) is 12. The Balaban J connectivity index is 1.22. The molecule has 0 saturated heterocycles. The molecule has 1 heterocycles. The second-order valence-corrected chi connectivity index (χ2v) is 18.5. The van der Waals surface area contributed by atoms with Crippen LogP contribution in [0.4, 0.5) is 9.59 Å². The van der Waals surface area contributed by atoms with Crippen molar-refractivity contribution in [3.05, 3.63) is 64.7 Å². The number of aryl methyl sites for hydroxylation is 1. The molecule has 0 aromatic heterocycles. The molecule has 0 bridgehead atoms. The Morgan fingerprint density at radius 1 is 0.788 bits per heavy atom. The number of nitrogens with zero attached hydrogens (tertiary/aromatic N) is 2. The molecule has 0 spiro atoms. The van der Waals surface area contributed by atoms with Crippen LogP contribution in [0.25, 0.3) is 0 Å². The first-order chi connectivity index (χ1) is 31.4. The summed E-state index contributed by atoms with van der Waals surface area (Å²) in [5.41, 5.74) is 2.66. The fraction of sp³-hybridized carbons (Fsp3) is 0.646. The molecule has 0 radical (unpaired) electrons. The van der Waals surface area contributed by atoms with E-state index in [0.717, 1.165) is 40.9 Å². The molecule has 4 N–H and O–H groups in total. The van der Waals surface area contributed by atoms with Gasteiger partial charge in [0.05, 0.1) is 72.1 Å². The van der Waals surface area contributed by atoms with E-state index in [0.29, 0.717) is 78.4 Å². The fourth-order valence-corrected chi connectivity index (χ4v) is 7.45. The number of likely N-dealkylation sites (N-methyl/N-ethyl adjacent to an activating group) is 1. The average Bonchev–Trinajstić information content (AvgIpc) is 3.26. The lowest BCUT2D eigenvalue weighted by molar-refractivity contribution is -0.147. The van der Waals surface area contributed by atoms with E-state index < -0.39 is 53.1 Å². The van der Waals surface area contributed by atoms with Crippen LogP contribution in [0.2, 0.25) is 0 Å². The molecule has 66 heavy (non-hydrogen) atoms. The van der Waals surface area contributed by atoms with Gasteiger partial charge in [-0.05, 0) is 86.8 Å². The maximum atomic E-state index is 14.7. The molecular formula is C48H73N5O13. The van der Waals surface area contributed by atoms with Crippen molar-refractivity contribution in [3.8, 4) is 5.75 Å². The van der Waals surface area contributed by atoms with E-state index in [2.05, 4.69) is 22.0 Å². The molecule has 4 rings (SSSR count). The maximum absolute atomic E-state index is 14.7. The minimum absolute atomic E-state index is 0.0925. The third kappa shape index (κ3) is 17.7. The number of rotatable bonds is 25. The molecule has 368 valence electrons. The van der Waals surface area contributed by atoms with Crippen LogP contribution in [0, 0.1) is 5.41 Å². The topological polar surface area (TPSA) is 213 Å². The number of carbonyl (C=O) groups excluding carboxylic acids is 4. The van der Waals surface area contributed by atoms with Gasteiger partial charge in [0.15, 0.2) is 0 Å². The van der Waals surface area contributed by atoms with E-state index in [1.165, 1.54) is 24.4 Å². The highest BCUT2D eigenvalue weighted by atomic mass is 16.6. The lowest BCUT2D eigenvalue weighted by Gasteiger charge is -2.42. The monoisotopic (exact) mass is 928 g/mol. The number of hydrogen-bond donors (Lipinski definition) is 4. The SMILES string of the molecule is C[C@@H](C(=O)N[C@H](C(=O)N1Cc2cc(OCCOCCOCCOCCOCCOCCNC(=O)OC(C)(C)C)ccc2C[C@H]1C(=O)N[C@@H]1CCCc2ccccc21)C(C)(C)C)N(C)C(=O)O. The van der Waals surface area contributed by atoms with Crippen LogP contribution in [0.3, 0.4) is 0 Å². The number of nitrogens with one attached hydrogen (secondary N) is 3. The zero-order chi connectivity index (χ0) is 48.3. The maximum Gasteiger partial charge on any atom is 0.407 e. The Hall–Kier alpha value is -5.01. The molecule has 2 aliphatic rings. The predicted octanol–water partition coefficient (Wildman–Crippen LogP) is 4.65. The van der Waals surface area contributed by atoms with Crippen molar-refractivity contribution in [2.45, 2.75) is 110 Å². The van der Waals surface area contributed by atoms with Crippen molar-refractivity contribution >= 4 is 29.9 Å². The molecule has 2 aromatic rings. The van der Waals surface area contributed by atoms with Gasteiger partial charge in [0, 0.05) is 26.6 Å². The Labute approximate surface area is 389 Å². The Morgan fingerprint density at radius 2 is 1.38 bits per heavy atom. The third-order valence-electron chi connectivity index (χ3n) is 11.1. The second kappa shape index (κ2) is 26.4. The van der Waals surface area contributed by atoms with Crippen molar-refractivity contribution < 1.29 is 62.2 Å². The highest BCUT2D eigenvalue weighted by Crippen LogP contribution is 2.33. The number of amides is 5. The molecule has 0 saturated carbocycles. The standard InChI is InChI=1S/C48H73N5O13/c1-33(52(8)46(58)59)42(54)51-41(47(2,3)4)44(56)53-32-36-30-37(17-16-35(36)31-40(53)43(55)50-39-15-11-13-34-12-9-10-14-38(34)39)65-29-28-64-27-26-63-25-24-62-23-22-61-21-20-60-19-18-49-45(57)66-48(5,6)7/h9-10,12,14,16-17,30,33,39-41H,11,13,15,18-29,31-32H2,1-8H3,(H,49,57)(H,50,55)(H,51,54)(H,58,59)/t33-,39+,40-,41+/m0/s1. The van der Waals surface area contributed by atoms with E-state index in [9.17, 15) is 29.1 Å². The normalized spacial score (nSPS) is 16.8. The highest BCUT2D eigenvalue weighted by molar-refractivity contribution is 5.94. The van der Waals surface area contributed by atoms with Crippen LogP contribution in [0.5, 0.6) is 5.75 Å². The molecule has 1 aliphatic carbocycles. The molecule has 0 unspecified atom stereocenters. The van der Waals surface area contributed by atoms with Crippen molar-refractivity contribution in [2.75, 3.05) is 86.3 Å². The number of ether oxygens (including phenoxy) is 7. The fourth-order valence-electron chi connectivity index (χ4n) is 7.45. The molecule has 18 heteroatoms. The number of fused-ring (bicyclic) bond motifs is 2. The summed E-state index contributed by atoms with van der Waals surface area (Å²) in [6.07, 6.45) is 1.14. The molecular weight excluding hydrogens is 855 g/mol. The summed E-state index contributed by atoms with van der Waals surface area (Å²) in [5, 5.41) is 18.2. The molecule has 1 aliphatic heterocycles. The van der Waals surface area contributed by atoms with Crippen LogP contribution < -0.4 is 20.7 Å². The van der Waals surface area contributed by atoms with Crippen molar-refractivity contribution in [1.29, 1.82) is 0 Å². The van der Waals surface area contributed by atoms with Gasteiger partial charge < -0.3 is 59.1 Å². The van der Waals surface area contributed by atoms with Crippen LogP contribution in [0.15, 0.2) is 42.5 Å². The molecule has 0 fully saturated rings. The van der Waals surface area contributed by atoms with Gasteiger partial charge in [-0.1, -0.05) is 51.1 Å². The van der Waals surface area contributed by atoms with Gasteiger partial charge in [-0.2, -0.15) is 0 Å². The van der Waals surface area contributed by atoms with E-state index >= 15 is 0 Å². The minimum atomic E-state index is -1.27. The smallest absolute Gasteiger partial charge is 0.407 e. The van der Waals surface area contributed by atoms with Gasteiger partial charge in [-0.3, -0.25) is 19.3 Å². The van der Waals surface area contributed by atoms with Crippen LogP contribution in [0.1, 0.15) is 89.6 Å². The number of carboxylic acid groups (broad SMARTS) is 1. The Kier molecular flexibility index (Phi) is 21.4. The lowest BCUT2D eigenvalue weighted by atomic mass is 9.83. The highest BCUT2D eigenvalue weighted by Gasteiger charge is 2.43. The van der Waals surface area contributed by atoms with Crippen LogP contribution >= 0.6 is 0 Å². The molecule has 5 amide bonds. The number of alkyl carbamates (subject to hydrolysis) is 1. The first kappa shape index (κ1) is 53.6. The van der Waals surface area contributed by atoms with Crippen LogP contribution in [-0.2, 0) is 62.2 Å². The lowest BCUT2D eigenvalue weighted by Crippen LogP contribution is -2.62. The van der Waals surface area contributed by atoms with Crippen molar-refractivity contribution in [2.24, 2.45) is 5.41 Å². The zero-order valence-electron chi connectivity index (χ0n) is 40.1. The van der Waals surface area contributed by atoms with Gasteiger partial charge in [0.1, 0.15) is 36.1 Å². The van der Waals surface area contributed by atoms with Crippen molar-refractivity contribution in [3.63, 3.8) is 0 Å².